The second-order valence-corrected chi connectivity index (χ2v) is 12.4. The summed E-state index contributed by atoms with van der Waals surface area (Å²) in [4.78, 5) is 25.4. The van der Waals surface area contributed by atoms with Gasteiger partial charge >= 0.3 is 27.7 Å². The molecule has 0 saturated heterocycles. The summed E-state index contributed by atoms with van der Waals surface area (Å²) in [6.07, 6.45) is 0.375. The van der Waals surface area contributed by atoms with Crippen molar-refractivity contribution in [3.63, 3.8) is 0 Å². The first-order valence-electron chi connectivity index (χ1n) is 12.5. The van der Waals surface area contributed by atoms with Gasteiger partial charge in [-0.1, -0.05) is 12.1 Å². The summed E-state index contributed by atoms with van der Waals surface area (Å²) < 4.78 is 85.3. The Hall–Kier alpha value is -4.26. The van der Waals surface area contributed by atoms with Crippen LogP contribution in [-0.2, 0) is 23.8 Å². The fourth-order valence-corrected chi connectivity index (χ4v) is 4.67. The highest BCUT2D eigenvalue weighted by atomic mass is 32.2. The van der Waals surface area contributed by atoms with Crippen LogP contribution in [0.15, 0.2) is 60.7 Å². The van der Waals surface area contributed by atoms with E-state index in [1.165, 1.54) is 49.8 Å². The molecular weight excluding hydrogens is 579 g/mol. The van der Waals surface area contributed by atoms with Crippen LogP contribution in [0.4, 0.5) is 18.0 Å². The van der Waals surface area contributed by atoms with E-state index in [1.54, 1.807) is 51.1 Å². The van der Waals surface area contributed by atoms with Crippen LogP contribution in [0, 0.1) is 0 Å². The molecule has 42 heavy (non-hydrogen) atoms. The minimum atomic E-state index is -5.99. The molecule has 2 heterocycles. The van der Waals surface area contributed by atoms with Crippen LogP contribution in [0.25, 0.3) is 28.3 Å². The SMILES string of the molecule is COC(=O)c1ccc(-c2ccc(-c3ccc4c(c3)C(OS(=O)(=O)C(F)(F)F)=CC(C)(C)O4)n2C(=O)OC(C)(C)C)cc1. The molecule has 0 bridgehead atoms. The quantitative estimate of drug-likeness (QED) is 0.178. The van der Waals surface area contributed by atoms with Gasteiger partial charge in [-0.05, 0) is 88.2 Å². The van der Waals surface area contributed by atoms with E-state index in [9.17, 15) is 31.2 Å². The predicted molar refractivity (Wildman–Crippen MR) is 147 cm³/mol. The van der Waals surface area contributed by atoms with E-state index in [2.05, 4.69) is 4.18 Å². The standard InChI is InChI=1S/C29H28F3NO8S/c1-27(2,3)40-26(35)33-21(17-7-9-18(10-8-17)25(34)38-6)12-13-22(33)19-11-14-23-20(15-19)24(16-28(4,5)39-23)41-42(36,37)29(30,31)32/h7-16H,1-6H3. The maximum Gasteiger partial charge on any atom is 0.534 e. The molecule has 13 heteroatoms. The molecule has 2 aromatic carbocycles. The van der Waals surface area contributed by atoms with Crippen molar-refractivity contribution in [3.05, 3.63) is 71.8 Å². The second-order valence-electron chi connectivity index (χ2n) is 10.9. The van der Waals surface area contributed by atoms with E-state index in [0.717, 1.165) is 6.08 Å². The molecule has 0 atom stereocenters. The number of halogens is 3. The number of aromatic nitrogens is 1. The summed E-state index contributed by atoms with van der Waals surface area (Å²) in [6, 6.07) is 13.9. The Morgan fingerprint density at radius 1 is 0.905 bits per heavy atom. The lowest BCUT2D eigenvalue weighted by Gasteiger charge is -2.31. The summed E-state index contributed by atoms with van der Waals surface area (Å²) in [7, 11) is -4.73. The Balaban J connectivity index is 1.86. The highest BCUT2D eigenvalue weighted by Gasteiger charge is 2.49. The minimum Gasteiger partial charge on any atom is -0.483 e. The van der Waals surface area contributed by atoms with Gasteiger partial charge in [-0.3, -0.25) is 0 Å². The van der Waals surface area contributed by atoms with E-state index in [4.69, 9.17) is 14.2 Å². The van der Waals surface area contributed by atoms with Crippen LogP contribution in [0.2, 0.25) is 0 Å². The number of hydrogen-bond acceptors (Lipinski definition) is 8. The van der Waals surface area contributed by atoms with Gasteiger partial charge in [0.2, 0.25) is 0 Å². The highest BCUT2D eigenvalue weighted by molar-refractivity contribution is 7.87. The first-order valence-corrected chi connectivity index (χ1v) is 13.9. The van der Waals surface area contributed by atoms with Crippen molar-refractivity contribution >= 4 is 27.9 Å². The second kappa shape index (κ2) is 10.5. The lowest BCUT2D eigenvalue weighted by atomic mass is 9.98. The maximum atomic E-state index is 13.5. The van der Waals surface area contributed by atoms with E-state index in [-0.39, 0.29) is 17.0 Å². The molecule has 0 saturated carbocycles. The number of hydrogen-bond donors (Lipinski definition) is 0. The maximum absolute atomic E-state index is 13.5. The Labute approximate surface area is 240 Å². The molecule has 0 aliphatic carbocycles. The molecule has 0 fully saturated rings. The molecule has 1 aromatic heterocycles. The smallest absolute Gasteiger partial charge is 0.483 e. The molecule has 1 aliphatic heterocycles. The van der Waals surface area contributed by atoms with Crippen LogP contribution in [-0.4, -0.2) is 48.9 Å². The van der Waals surface area contributed by atoms with Gasteiger partial charge in [0.05, 0.1) is 29.6 Å². The number of esters is 1. The fraction of sp³-hybridized carbons (Fsp3) is 0.310. The van der Waals surface area contributed by atoms with Crippen molar-refractivity contribution < 1.29 is 49.6 Å². The van der Waals surface area contributed by atoms with Crippen LogP contribution in [0.1, 0.15) is 50.5 Å². The third kappa shape index (κ3) is 6.30. The molecule has 0 spiro atoms. The third-order valence-corrected chi connectivity index (χ3v) is 6.90. The van der Waals surface area contributed by atoms with Crippen molar-refractivity contribution in [1.29, 1.82) is 0 Å². The fourth-order valence-electron chi connectivity index (χ4n) is 4.20. The molecule has 0 N–H and O–H groups in total. The zero-order valence-corrected chi connectivity index (χ0v) is 24.3. The van der Waals surface area contributed by atoms with Crippen molar-refractivity contribution in [1.82, 2.24) is 4.57 Å². The van der Waals surface area contributed by atoms with E-state index in [1.807, 2.05) is 0 Å². The van der Waals surface area contributed by atoms with E-state index >= 15 is 0 Å². The molecule has 0 radical (unpaired) electrons. The summed E-state index contributed by atoms with van der Waals surface area (Å²) in [5.74, 6) is -1.04. The number of carbonyl (C=O) groups excluding carboxylic acids is 2. The molecule has 3 aromatic rings. The number of benzene rings is 2. The first-order chi connectivity index (χ1) is 19.3. The number of nitrogens with zero attached hydrogens (tertiary/aromatic N) is 1. The van der Waals surface area contributed by atoms with Crippen molar-refractivity contribution in [2.75, 3.05) is 7.11 Å². The Bertz CT molecular complexity index is 1680. The van der Waals surface area contributed by atoms with Crippen molar-refractivity contribution in [2.45, 2.75) is 51.3 Å². The zero-order valence-electron chi connectivity index (χ0n) is 23.5. The number of fused-ring (bicyclic) bond motifs is 1. The summed E-state index contributed by atoms with van der Waals surface area (Å²) in [5, 5.41) is 0. The Morgan fingerprint density at radius 2 is 1.48 bits per heavy atom. The van der Waals surface area contributed by atoms with Gasteiger partial charge in [0, 0.05) is 6.08 Å². The molecule has 1 aliphatic rings. The first kappa shape index (κ1) is 30.7. The largest absolute Gasteiger partial charge is 0.534 e. The normalized spacial score (nSPS) is 14.7. The number of methoxy groups -OCH3 is 1. The van der Waals surface area contributed by atoms with Gasteiger partial charge in [-0.25, -0.2) is 14.2 Å². The average molecular weight is 608 g/mol. The van der Waals surface area contributed by atoms with Crippen LogP contribution >= 0.6 is 0 Å². The third-order valence-electron chi connectivity index (χ3n) is 5.93. The molecule has 0 amide bonds. The lowest BCUT2D eigenvalue weighted by molar-refractivity contribution is -0.0510. The predicted octanol–water partition coefficient (Wildman–Crippen LogP) is 6.77. The lowest BCUT2D eigenvalue weighted by Crippen LogP contribution is -2.31. The monoisotopic (exact) mass is 607 g/mol. The summed E-state index contributed by atoms with van der Waals surface area (Å²) in [6.45, 7) is 8.11. The van der Waals surface area contributed by atoms with Gasteiger partial charge in [-0.2, -0.15) is 21.6 Å². The van der Waals surface area contributed by atoms with Crippen LogP contribution < -0.4 is 4.74 Å². The molecule has 224 valence electrons. The molecule has 4 rings (SSSR count). The average Bonchev–Trinajstić information content (AvgIpc) is 3.31. The minimum absolute atomic E-state index is 0.0689. The van der Waals surface area contributed by atoms with E-state index in [0.29, 0.717) is 22.4 Å². The summed E-state index contributed by atoms with van der Waals surface area (Å²) >= 11 is 0. The van der Waals surface area contributed by atoms with Gasteiger partial charge in [0.25, 0.3) is 0 Å². The topological polar surface area (TPSA) is 110 Å². The molecular formula is C29H28F3NO8S. The summed E-state index contributed by atoms with van der Waals surface area (Å²) in [5.41, 5.74) is -5.97. The Morgan fingerprint density at radius 3 is 2.02 bits per heavy atom. The highest BCUT2D eigenvalue weighted by Crippen LogP contribution is 2.42. The number of alkyl halides is 3. The molecule has 0 unspecified atom stereocenters. The zero-order chi connectivity index (χ0) is 31.3. The number of carbonyl (C=O) groups is 2. The van der Waals surface area contributed by atoms with Crippen molar-refractivity contribution in [3.8, 4) is 28.3 Å². The van der Waals surface area contributed by atoms with Crippen LogP contribution in [0.3, 0.4) is 0 Å². The Kier molecular flexibility index (Phi) is 7.70. The van der Waals surface area contributed by atoms with Crippen LogP contribution in [0.5, 0.6) is 5.75 Å². The number of rotatable bonds is 5. The van der Waals surface area contributed by atoms with Gasteiger partial charge in [0.15, 0.2) is 5.76 Å². The van der Waals surface area contributed by atoms with Gasteiger partial charge < -0.3 is 18.4 Å². The van der Waals surface area contributed by atoms with Crippen molar-refractivity contribution in [2.24, 2.45) is 0 Å². The van der Waals surface area contributed by atoms with Gasteiger partial charge in [0.1, 0.15) is 17.0 Å². The molecule has 9 nitrogen and oxygen atoms in total. The van der Waals surface area contributed by atoms with E-state index < -0.39 is 44.7 Å². The number of ether oxygens (including phenoxy) is 3. The van der Waals surface area contributed by atoms with Gasteiger partial charge in [-0.15, -0.1) is 0 Å².